The molecule has 0 aliphatic carbocycles. The van der Waals surface area contributed by atoms with Crippen LogP contribution in [0.2, 0.25) is 0 Å². The van der Waals surface area contributed by atoms with Gasteiger partial charge in [0.15, 0.2) is 0 Å². The summed E-state index contributed by atoms with van der Waals surface area (Å²) in [7, 11) is 0. The molecule has 1 heterocycles. The summed E-state index contributed by atoms with van der Waals surface area (Å²) in [5, 5.41) is 2.71. The fourth-order valence-corrected chi connectivity index (χ4v) is 1.15. The lowest BCUT2D eigenvalue weighted by atomic mass is 10.2. The van der Waals surface area contributed by atoms with Crippen molar-refractivity contribution in [1.82, 2.24) is 10.3 Å². The Labute approximate surface area is 107 Å². The number of halogens is 1. The highest BCUT2D eigenvalue weighted by atomic mass is 35.5. The minimum absolute atomic E-state index is 0. The molecule has 17 heavy (non-hydrogen) atoms. The molecule has 1 aromatic rings. The second-order valence-corrected chi connectivity index (χ2v) is 3.64. The fourth-order valence-electron chi connectivity index (χ4n) is 1.15. The Bertz CT molecular complexity index is 358. The molecule has 0 saturated heterocycles. The van der Waals surface area contributed by atoms with Crippen molar-refractivity contribution in [1.29, 1.82) is 0 Å². The molecule has 1 amide bonds. The highest BCUT2D eigenvalue weighted by molar-refractivity contribution is 5.98. The lowest BCUT2D eigenvalue weighted by Crippen LogP contribution is -2.28. The van der Waals surface area contributed by atoms with Gasteiger partial charge in [-0.25, -0.2) is 0 Å². The molecular weight excluding hydrogens is 242 g/mol. The predicted molar refractivity (Wildman–Crippen MR) is 69.3 cm³/mol. The molecule has 0 aliphatic heterocycles. The number of nitrogens with two attached hydrogens (primary N) is 1. The maximum atomic E-state index is 11.6. The van der Waals surface area contributed by atoms with E-state index in [1.54, 1.807) is 12.3 Å². The van der Waals surface area contributed by atoms with Crippen LogP contribution in [0.4, 0.5) is 5.69 Å². The van der Waals surface area contributed by atoms with Crippen LogP contribution in [-0.4, -0.2) is 30.1 Å². The van der Waals surface area contributed by atoms with Crippen LogP contribution in [0.25, 0.3) is 0 Å². The Morgan fingerprint density at radius 3 is 2.88 bits per heavy atom. The van der Waals surface area contributed by atoms with Gasteiger partial charge in [0.25, 0.3) is 5.91 Å². The SMILES string of the molecule is CC(C)OCCNC(=O)c1cnccc1N.Cl. The third kappa shape index (κ3) is 5.51. The Kier molecular flexibility index (Phi) is 7.25. The van der Waals surface area contributed by atoms with E-state index in [-0.39, 0.29) is 24.4 Å². The summed E-state index contributed by atoms with van der Waals surface area (Å²) >= 11 is 0. The first-order valence-electron chi connectivity index (χ1n) is 5.20. The van der Waals surface area contributed by atoms with E-state index >= 15 is 0 Å². The zero-order valence-corrected chi connectivity index (χ0v) is 10.8. The third-order valence-corrected chi connectivity index (χ3v) is 1.94. The molecule has 0 fully saturated rings. The smallest absolute Gasteiger partial charge is 0.255 e. The molecule has 0 atom stereocenters. The first-order valence-corrected chi connectivity index (χ1v) is 5.20. The first-order chi connectivity index (χ1) is 7.61. The predicted octanol–water partition coefficient (Wildman–Crippen LogP) is 1.24. The van der Waals surface area contributed by atoms with Crippen molar-refractivity contribution >= 4 is 24.0 Å². The standard InChI is InChI=1S/C11H17N3O2.ClH/c1-8(2)16-6-5-14-11(15)9-7-13-4-3-10(9)12;/h3-4,7-8H,5-6H2,1-2H3,(H2,12,13)(H,14,15);1H. The Hall–Kier alpha value is -1.33. The fraction of sp³-hybridized carbons (Fsp3) is 0.455. The van der Waals surface area contributed by atoms with Crippen molar-refractivity contribution in [3.05, 3.63) is 24.0 Å². The summed E-state index contributed by atoms with van der Waals surface area (Å²) in [5.74, 6) is -0.224. The van der Waals surface area contributed by atoms with Gasteiger partial charge in [0.2, 0.25) is 0 Å². The number of carbonyl (C=O) groups is 1. The molecule has 0 spiro atoms. The number of aromatic nitrogens is 1. The number of anilines is 1. The topological polar surface area (TPSA) is 77.2 Å². The van der Waals surface area contributed by atoms with Gasteiger partial charge in [-0.1, -0.05) is 0 Å². The molecule has 0 aromatic carbocycles. The van der Waals surface area contributed by atoms with Gasteiger partial charge in [-0.05, 0) is 19.9 Å². The Balaban J connectivity index is 0.00000256. The van der Waals surface area contributed by atoms with E-state index in [0.29, 0.717) is 24.4 Å². The molecular formula is C11H18ClN3O2. The van der Waals surface area contributed by atoms with E-state index in [1.165, 1.54) is 6.20 Å². The molecule has 0 aliphatic rings. The lowest BCUT2D eigenvalue weighted by molar-refractivity contribution is 0.0747. The summed E-state index contributed by atoms with van der Waals surface area (Å²) in [4.78, 5) is 15.5. The van der Waals surface area contributed by atoms with Crippen molar-refractivity contribution in [2.24, 2.45) is 0 Å². The van der Waals surface area contributed by atoms with Gasteiger partial charge in [-0.15, -0.1) is 12.4 Å². The van der Waals surface area contributed by atoms with Crippen LogP contribution in [0, 0.1) is 0 Å². The van der Waals surface area contributed by atoms with E-state index in [2.05, 4.69) is 10.3 Å². The number of nitrogens with zero attached hydrogens (tertiary/aromatic N) is 1. The van der Waals surface area contributed by atoms with Crippen LogP contribution in [0.5, 0.6) is 0 Å². The van der Waals surface area contributed by atoms with Gasteiger partial charge < -0.3 is 15.8 Å². The van der Waals surface area contributed by atoms with Gasteiger partial charge in [-0.3, -0.25) is 9.78 Å². The van der Waals surface area contributed by atoms with E-state index in [4.69, 9.17) is 10.5 Å². The average molecular weight is 260 g/mol. The maximum Gasteiger partial charge on any atom is 0.255 e. The largest absolute Gasteiger partial charge is 0.398 e. The monoisotopic (exact) mass is 259 g/mol. The highest BCUT2D eigenvalue weighted by Gasteiger charge is 2.08. The first kappa shape index (κ1) is 15.7. The molecule has 0 radical (unpaired) electrons. The molecule has 5 nitrogen and oxygen atoms in total. The lowest BCUT2D eigenvalue weighted by Gasteiger charge is -2.09. The number of hydrogen-bond acceptors (Lipinski definition) is 4. The number of pyridine rings is 1. The number of rotatable bonds is 5. The van der Waals surface area contributed by atoms with Gasteiger partial charge in [0.05, 0.1) is 18.3 Å². The van der Waals surface area contributed by atoms with Crippen molar-refractivity contribution in [2.45, 2.75) is 20.0 Å². The van der Waals surface area contributed by atoms with Crippen LogP contribution in [0.1, 0.15) is 24.2 Å². The van der Waals surface area contributed by atoms with Crippen LogP contribution in [0.3, 0.4) is 0 Å². The molecule has 0 unspecified atom stereocenters. The van der Waals surface area contributed by atoms with Crippen molar-refractivity contribution in [3.63, 3.8) is 0 Å². The molecule has 1 aromatic heterocycles. The molecule has 0 bridgehead atoms. The number of ether oxygens (including phenoxy) is 1. The van der Waals surface area contributed by atoms with Gasteiger partial charge in [0.1, 0.15) is 0 Å². The second kappa shape index (κ2) is 7.86. The molecule has 3 N–H and O–H groups in total. The van der Waals surface area contributed by atoms with Crippen molar-refractivity contribution in [3.8, 4) is 0 Å². The van der Waals surface area contributed by atoms with E-state index in [0.717, 1.165) is 0 Å². The third-order valence-electron chi connectivity index (χ3n) is 1.94. The summed E-state index contributed by atoms with van der Waals surface area (Å²) in [6.45, 7) is 4.84. The van der Waals surface area contributed by atoms with Crippen LogP contribution in [0.15, 0.2) is 18.5 Å². The Morgan fingerprint density at radius 1 is 1.59 bits per heavy atom. The average Bonchev–Trinajstić information content (AvgIpc) is 2.24. The van der Waals surface area contributed by atoms with Crippen LogP contribution < -0.4 is 11.1 Å². The van der Waals surface area contributed by atoms with E-state index in [1.807, 2.05) is 13.8 Å². The molecule has 96 valence electrons. The normalized spacial score (nSPS) is 9.82. The van der Waals surface area contributed by atoms with Gasteiger partial charge >= 0.3 is 0 Å². The zero-order chi connectivity index (χ0) is 12.0. The summed E-state index contributed by atoms with van der Waals surface area (Å²) in [6.07, 6.45) is 3.17. The minimum Gasteiger partial charge on any atom is -0.398 e. The number of carbonyl (C=O) groups excluding carboxylic acids is 1. The number of nitrogens with one attached hydrogen (secondary N) is 1. The molecule has 1 rings (SSSR count). The molecule has 0 saturated carbocycles. The van der Waals surface area contributed by atoms with Gasteiger partial charge in [-0.2, -0.15) is 0 Å². The van der Waals surface area contributed by atoms with Gasteiger partial charge in [0, 0.05) is 24.6 Å². The second-order valence-electron chi connectivity index (χ2n) is 3.64. The summed E-state index contributed by atoms with van der Waals surface area (Å²) < 4.78 is 5.30. The minimum atomic E-state index is -0.224. The highest BCUT2D eigenvalue weighted by Crippen LogP contribution is 2.07. The van der Waals surface area contributed by atoms with Crippen molar-refractivity contribution < 1.29 is 9.53 Å². The number of amides is 1. The van der Waals surface area contributed by atoms with Crippen LogP contribution in [-0.2, 0) is 4.74 Å². The number of nitrogen functional groups attached to an aromatic ring is 1. The van der Waals surface area contributed by atoms with E-state index < -0.39 is 0 Å². The number of hydrogen-bond donors (Lipinski definition) is 2. The van der Waals surface area contributed by atoms with E-state index in [9.17, 15) is 4.79 Å². The molecule has 6 heteroatoms. The van der Waals surface area contributed by atoms with Crippen LogP contribution >= 0.6 is 12.4 Å². The maximum absolute atomic E-state index is 11.6. The van der Waals surface area contributed by atoms with Crippen molar-refractivity contribution in [2.75, 3.05) is 18.9 Å². The Morgan fingerprint density at radius 2 is 2.29 bits per heavy atom. The summed E-state index contributed by atoms with van der Waals surface area (Å²) in [5.41, 5.74) is 6.47. The summed E-state index contributed by atoms with van der Waals surface area (Å²) in [6, 6.07) is 1.60. The quantitative estimate of drug-likeness (QED) is 0.780. The zero-order valence-electron chi connectivity index (χ0n) is 9.97.